The van der Waals surface area contributed by atoms with E-state index >= 15 is 4.39 Å². The molecule has 8 nitrogen and oxygen atoms in total. The Balaban J connectivity index is 1.34. The van der Waals surface area contributed by atoms with E-state index < -0.39 is 18.2 Å². The van der Waals surface area contributed by atoms with Gasteiger partial charge in [-0.3, -0.25) is 9.56 Å². The van der Waals surface area contributed by atoms with Crippen LogP contribution in [0.2, 0.25) is 5.02 Å². The maximum atomic E-state index is 15.2. The standard InChI is InChI=1S/C34H42ClF2N7O/c1-34(2,39)14-5-6-21-16-26(31(37)27(35)17-21)29-18-23-20-44(33(45)43-32(23)42-29)25-11-9-22(10-12-25)28-8-4-3-7-24(41-28)13-15-40-30(38)19-36/h9-12,16-18,20,24,28,41H,3-8,13-15,19,39H2,1-2H3,(H2,38,40)(H,42,43,45)/t24-,28-/m0/s1. The highest BCUT2D eigenvalue weighted by Crippen LogP contribution is 2.32. The van der Waals surface area contributed by atoms with Crippen molar-refractivity contribution in [1.29, 1.82) is 0 Å². The van der Waals surface area contributed by atoms with Crippen LogP contribution in [-0.4, -0.2) is 45.2 Å². The molecule has 11 heteroatoms. The van der Waals surface area contributed by atoms with Crippen molar-refractivity contribution >= 4 is 28.5 Å². The van der Waals surface area contributed by atoms with Crippen molar-refractivity contribution in [2.24, 2.45) is 16.5 Å². The second-order valence-corrected chi connectivity index (χ2v) is 13.2. The third-order valence-electron chi connectivity index (χ3n) is 8.41. The smallest absolute Gasteiger partial charge is 0.354 e. The largest absolute Gasteiger partial charge is 0.385 e. The van der Waals surface area contributed by atoms with E-state index in [1.807, 2.05) is 38.1 Å². The van der Waals surface area contributed by atoms with Gasteiger partial charge in [-0.15, -0.1) is 0 Å². The minimum atomic E-state index is -0.722. The van der Waals surface area contributed by atoms with Crippen molar-refractivity contribution in [1.82, 2.24) is 19.9 Å². The molecule has 6 N–H and O–H groups in total. The van der Waals surface area contributed by atoms with Gasteiger partial charge in [0, 0.05) is 41.3 Å². The molecule has 0 amide bonds. The van der Waals surface area contributed by atoms with Crippen molar-refractivity contribution < 1.29 is 8.78 Å². The van der Waals surface area contributed by atoms with Gasteiger partial charge >= 0.3 is 5.69 Å². The maximum absolute atomic E-state index is 15.2. The van der Waals surface area contributed by atoms with Crippen molar-refractivity contribution in [2.75, 3.05) is 13.2 Å². The minimum absolute atomic E-state index is 0.0404. The number of aryl methyl sites for hydroxylation is 1. The normalized spacial score (nSPS) is 18.0. The average molecular weight is 638 g/mol. The van der Waals surface area contributed by atoms with Crippen LogP contribution in [0.5, 0.6) is 0 Å². The lowest BCUT2D eigenvalue weighted by Gasteiger charge is -2.23. The Morgan fingerprint density at radius 3 is 2.67 bits per heavy atom. The number of amidine groups is 1. The molecule has 240 valence electrons. The Hall–Kier alpha value is -3.60. The van der Waals surface area contributed by atoms with Crippen LogP contribution in [0.3, 0.4) is 0 Å². The second-order valence-electron chi connectivity index (χ2n) is 12.7. The molecule has 1 aliphatic heterocycles. The van der Waals surface area contributed by atoms with Gasteiger partial charge in [-0.25, -0.2) is 13.6 Å². The molecule has 0 aliphatic carbocycles. The molecule has 4 aromatic rings. The second kappa shape index (κ2) is 14.2. The monoisotopic (exact) mass is 637 g/mol. The fraction of sp³-hybridized carbons (Fsp3) is 0.441. The van der Waals surface area contributed by atoms with E-state index in [2.05, 4.69) is 20.3 Å². The third-order valence-corrected chi connectivity index (χ3v) is 8.68. The van der Waals surface area contributed by atoms with E-state index in [9.17, 15) is 9.18 Å². The number of benzene rings is 2. The number of rotatable bonds is 11. The highest BCUT2D eigenvalue weighted by molar-refractivity contribution is 6.31. The average Bonchev–Trinajstić information content (AvgIpc) is 3.26. The van der Waals surface area contributed by atoms with Gasteiger partial charge in [0.05, 0.1) is 16.4 Å². The van der Waals surface area contributed by atoms with Gasteiger partial charge < -0.3 is 21.8 Å². The van der Waals surface area contributed by atoms with E-state index in [4.69, 9.17) is 23.1 Å². The number of nitrogens with one attached hydrogen (secondary N) is 2. The number of hydrogen-bond donors (Lipinski definition) is 4. The lowest BCUT2D eigenvalue weighted by molar-refractivity contribution is 0.422. The summed E-state index contributed by atoms with van der Waals surface area (Å²) in [6.45, 7) is 3.74. The first-order valence-corrected chi connectivity index (χ1v) is 16.0. The summed E-state index contributed by atoms with van der Waals surface area (Å²) >= 11 is 6.28. The molecule has 2 aromatic carbocycles. The molecule has 2 aromatic heterocycles. The van der Waals surface area contributed by atoms with Gasteiger partial charge in [0.15, 0.2) is 5.82 Å². The maximum Gasteiger partial charge on any atom is 0.354 e. The van der Waals surface area contributed by atoms with Crippen LogP contribution in [0.25, 0.3) is 28.0 Å². The van der Waals surface area contributed by atoms with Gasteiger partial charge in [0.2, 0.25) is 0 Å². The molecule has 1 fully saturated rings. The molecular formula is C34H42ClF2N7O. The van der Waals surface area contributed by atoms with E-state index in [1.54, 1.807) is 24.4 Å². The Kier molecular flexibility index (Phi) is 10.4. The Labute approximate surface area is 267 Å². The van der Waals surface area contributed by atoms with E-state index in [0.29, 0.717) is 40.9 Å². The fourth-order valence-corrected chi connectivity index (χ4v) is 6.25. The summed E-state index contributed by atoms with van der Waals surface area (Å²) < 4.78 is 29.3. The van der Waals surface area contributed by atoms with Crippen molar-refractivity contribution in [3.05, 3.63) is 81.1 Å². The summed E-state index contributed by atoms with van der Waals surface area (Å²) in [5.74, 6) is -0.485. The molecule has 0 bridgehead atoms. The zero-order chi connectivity index (χ0) is 32.1. The van der Waals surface area contributed by atoms with Crippen LogP contribution in [0.4, 0.5) is 8.78 Å². The fourth-order valence-electron chi connectivity index (χ4n) is 6.01. The van der Waals surface area contributed by atoms with Crippen LogP contribution in [0.1, 0.15) is 76.0 Å². The van der Waals surface area contributed by atoms with Gasteiger partial charge in [0.25, 0.3) is 0 Å². The molecule has 0 unspecified atom stereocenters. The Morgan fingerprint density at radius 2 is 1.93 bits per heavy atom. The first kappa shape index (κ1) is 32.8. The molecule has 5 rings (SSSR count). The number of fused-ring (bicyclic) bond motifs is 1. The van der Waals surface area contributed by atoms with Crippen LogP contribution in [0.15, 0.2) is 58.4 Å². The third kappa shape index (κ3) is 8.36. The predicted octanol–water partition coefficient (Wildman–Crippen LogP) is 6.52. The van der Waals surface area contributed by atoms with Crippen LogP contribution < -0.4 is 22.5 Å². The van der Waals surface area contributed by atoms with Crippen LogP contribution in [-0.2, 0) is 6.42 Å². The van der Waals surface area contributed by atoms with E-state index in [-0.39, 0.29) is 28.5 Å². The topological polar surface area (TPSA) is 127 Å². The summed E-state index contributed by atoms with van der Waals surface area (Å²) in [5, 5.41) is 4.45. The number of aliphatic imine (C=N–C) groups is 1. The molecule has 1 saturated heterocycles. The first-order valence-electron chi connectivity index (χ1n) is 15.6. The van der Waals surface area contributed by atoms with Crippen molar-refractivity contribution in [3.63, 3.8) is 0 Å². The van der Waals surface area contributed by atoms with Crippen LogP contribution in [0, 0.1) is 5.82 Å². The number of alkyl halides is 1. The van der Waals surface area contributed by atoms with Crippen LogP contribution >= 0.6 is 11.6 Å². The summed E-state index contributed by atoms with van der Waals surface area (Å²) in [6.07, 6.45) is 9.15. The van der Waals surface area contributed by atoms with Gasteiger partial charge in [-0.2, -0.15) is 4.98 Å². The summed E-state index contributed by atoms with van der Waals surface area (Å²) in [6, 6.07) is 13.6. The molecule has 0 radical (unpaired) electrons. The minimum Gasteiger partial charge on any atom is -0.385 e. The molecule has 0 saturated carbocycles. The number of aromatic amines is 1. The summed E-state index contributed by atoms with van der Waals surface area (Å²) in [7, 11) is 0. The molecule has 45 heavy (non-hydrogen) atoms. The molecule has 3 heterocycles. The molecular weight excluding hydrogens is 596 g/mol. The highest BCUT2D eigenvalue weighted by atomic mass is 35.5. The quantitative estimate of drug-likeness (QED) is 0.110. The van der Waals surface area contributed by atoms with Crippen molar-refractivity contribution in [3.8, 4) is 16.9 Å². The SMILES string of the molecule is CC(C)(N)CCCc1cc(Cl)c(F)c(-c2cc3cn(-c4ccc([C@@H]5CCCC[C@@H](CCN=C(N)CF)N5)cc4)c(=O)nc3[nH]2)c1. The van der Waals surface area contributed by atoms with Gasteiger partial charge in [-0.05, 0) is 93.8 Å². The summed E-state index contributed by atoms with van der Waals surface area (Å²) in [5.41, 5.74) is 14.8. The first-order chi connectivity index (χ1) is 21.5. The van der Waals surface area contributed by atoms with Gasteiger partial charge in [-0.1, -0.05) is 36.6 Å². The molecule has 2 atom stereocenters. The zero-order valence-corrected chi connectivity index (χ0v) is 26.6. The Bertz CT molecular complexity index is 1710. The zero-order valence-electron chi connectivity index (χ0n) is 25.9. The van der Waals surface area contributed by atoms with Crippen molar-refractivity contribution in [2.45, 2.75) is 82.8 Å². The molecule has 1 aliphatic rings. The lowest BCUT2D eigenvalue weighted by Crippen LogP contribution is -2.32. The number of aromatic nitrogens is 3. The number of nitrogens with two attached hydrogens (primary N) is 2. The van der Waals surface area contributed by atoms with E-state index in [0.717, 1.165) is 56.1 Å². The van der Waals surface area contributed by atoms with Gasteiger partial charge in [0.1, 0.15) is 18.2 Å². The lowest BCUT2D eigenvalue weighted by atomic mass is 9.96. The Morgan fingerprint density at radius 1 is 1.18 bits per heavy atom. The highest BCUT2D eigenvalue weighted by Gasteiger charge is 2.21. The molecule has 0 spiro atoms. The van der Waals surface area contributed by atoms with E-state index in [1.165, 1.54) is 4.57 Å². The summed E-state index contributed by atoms with van der Waals surface area (Å²) in [4.78, 5) is 24.5. The number of hydrogen-bond acceptors (Lipinski definition) is 5. The number of nitrogens with zero attached hydrogens (tertiary/aromatic N) is 3. The number of halogens is 3. The predicted molar refractivity (Wildman–Crippen MR) is 179 cm³/mol. The number of H-pyrrole nitrogens is 1.